The number of aryl methyl sites for hydroxylation is 1. The van der Waals surface area contributed by atoms with Gasteiger partial charge in [0.2, 0.25) is 10.0 Å². The number of rotatable bonds is 6. The molecular weight excluding hydrogens is 404 g/mol. The van der Waals surface area contributed by atoms with Gasteiger partial charge >= 0.3 is 11.8 Å². The monoisotopic (exact) mass is 430 g/mol. The predicted molar refractivity (Wildman–Crippen MR) is 112 cm³/mol. The van der Waals surface area contributed by atoms with Crippen LogP contribution in [-0.2, 0) is 26.2 Å². The van der Waals surface area contributed by atoms with Gasteiger partial charge in [-0.2, -0.15) is 4.31 Å². The van der Waals surface area contributed by atoms with Crippen molar-refractivity contribution in [2.75, 3.05) is 19.6 Å². The fourth-order valence-electron chi connectivity index (χ4n) is 3.29. The number of hydrogen-bond donors (Lipinski definition) is 2. The van der Waals surface area contributed by atoms with Crippen LogP contribution in [0.2, 0.25) is 0 Å². The van der Waals surface area contributed by atoms with E-state index in [9.17, 15) is 18.0 Å². The van der Waals surface area contributed by atoms with Crippen LogP contribution in [0.25, 0.3) is 0 Å². The molecule has 0 spiro atoms. The third kappa shape index (κ3) is 5.64. The van der Waals surface area contributed by atoms with E-state index in [1.807, 2.05) is 31.2 Å². The number of amides is 2. The zero-order valence-electron chi connectivity index (χ0n) is 16.9. The van der Waals surface area contributed by atoms with Gasteiger partial charge in [-0.1, -0.05) is 29.8 Å². The number of carbonyl (C=O) groups excluding carboxylic acids is 2. The highest BCUT2D eigenvalue weighted by molar-refractivity contribution is 7.89. The summed E-state index contributed by atoms with van der Waals surface area (Å²) >= 11 is 0. The normalized spacial score (nSPS) is 15.5. The molecular formula is C21H26N4O4S. The molecule has 0 bridgehead atoms. The van der Waals surface area contributed by atoms with Crippen molar-refractivity contribution < 1.29 is 18.0 Å². The van der Waals surface area contributed by atoms with Crippen LogP contribution in [0.15, 0.2) is 53.7 Å². The molecule has 0 aliphatic carbocycles. The van der Waals surface area contributed by atoms with E-state index in [1.165, 1.54) is 22.8 Å². The first kappa shape index (κ1) is 21.9. The number of hydrogen-bond acceptors (Lipinski definition) is 5. The van der Waals surface area contributed by atoms with E-state index in [2.05, 4.69) is 15.6 Å². The van der Waals surface area contributed by atoms with Crippen LogP contribution in [0, 0.1) is 12.8 Å². The average Bonchev–Trinajstić information content (AvgIpc) is 2.77. The Bertz CT molecular complexity index is 970. The SMILES string of the molecule is Cc1ccc(CNC(=O)C(=O)NCC2CCN(S(=O)(=O)c3cccnc3)CC2)cc1. The molecule has 1 aliphatic heterocycles. The third-order valence-electron chi connectivity index (χ3n) is 5.18. The number of sulfonamides is 1. The maximum Gasteiger partial charge on any atom is 0.309 e. The van der Waals surface area contributed by atoms with Crippen molar-refractivity contribution in [2.45, 2.75) is 31.2 Å². The summed E-state index contributed by atoms with van der Waals surface area (Å²) in [6, 6.07) is 10.8. The van der Waals surface area contributed by atoms with E-state index < -0.39 is 21.8 Å². The molecule has 0 radical (unpaired) electrons. The van der Waals surface area contributed by atoms with E-state index in [-0.39, 0.29) is 17.4 Å². The number of carbonyl (C=O) groups is 2. The van der Waals surface area contributed by atoms with Gasteiger partial charge < -0.3 is 10.6 Å². The third-order valence-corrected chi connectivity index (χ3v) is 7.06. The molecule has 9 heteroatoms. The van der Waals surface area contributed by atoms with Crippen molar-refractivity contribution >= 4 is 21.8 Å². The highest BCUT2D eigenvalue weighted by Gasteiger charge is 2.29. The van der Waals surface area contributed by atoms with Gasteiger partial charge in [-0.05, 0) is 43.4 Å². The Morgan fingerprint density at radius 3 is 2.37 bits per heavy atom. The minimum Gasteiger partial charge on any atom is -0.348 e. The summed E-state index contributed by atoms with van der Waals surface area (Å²) in [5.41, 5.74) is 2.05. The fraction of sp³-hybridized carbons (Fsp3) is 0.381. The molecule has 30 heavy (non-hydrogen) atoms. The summed E-state index contributed by atoms with van der Waals surface area (Å²) in [6.45, 7) is 3.36. The van der Waals surface area contributed by atoms with Crippen molar-refractivity contribution in [3.8, 4) is 0 Å². The Morgan fingerprint density at radius 2 is 1.73 bits per heavy atom. The highest BCUT2D eigenvalue weighted by atomic mass is 32.2. The molecule has 1 aromatic carbocycles. The molecule has 2 N–H and O–H groups in total. The molecule has 0 atom stereocenters. The minimum atomic E-state index is -3.55. The molecule has 8 nitrogen and oxygen atoms in total. The van der Waals surface area contributed by atoms with Gasteiger partial charge in [-0.3, -0.25) is 14.6 Å². The largest absolute Gasteiger partial charge is 0.348 e. The topological polar surface area (TPSA) is 108 Å². The highest BCUT2D eigenvalue weighted by Crippen LogP contribution is 2.22. The van der Waals surface area contributed by atoms with Gasteiger partial charge in [0.25, 0.3) is 0 Å². The predicted octanol–water partition coefficient (Wildman–Crippen LogP) is 1.22. The van der Waals surface area contributed by atoms with Gasteiger partial charge in [-0.15, -0.1) is 0 Å². The number of nitrogens with zero attached hydrogens (tertiary/aromatic N) is 2. The zero-order chi connectivity index (χ0) is 21.6. The molecule has 0 saturated carbocycles. The quantitative estimate of drug-likeness (QED) is 0.670. The Morgan fingerprint density at radius 1 is 1.07 bits per heavy atom. The van der Waals surface area contributed by atoms with E-state index in [1.54, 1.807) is 6.07 Å². The average molecular weight is 431 g/mol. The molecule has 2 aromatic rings. The minimum absolute atomic E-state index is 0.124. The Hall–Kier alpha value is -2.78. The molecule has 2 heterocycles. The van der Waals surface area contributed by atoms with Crippen LogP contribution < -0.4 is 10.6 Å². The van der Waals surface area contributed by atoms with Crippen LogP contribution in [0.5, 0.6) is 0 Å². The van der Waals surface area contributed by atoms with Gasteiger partial charge in [0.05, 0.1) is 0 Å². The number of benzene rings is 1. The Labute approximate surface area is 176 Å². The second-order valence-corrected chi connectivity index (χ2v) is 9.35. The summed E-state index contributed by atoms with van der Waals surface area (Å²) in [4.78, 5) is 28.1. The van der Waals surface area contributed by atoms with Crippen molar-refractivity contribution in [3.63, 3.8) is 0 Å². The first-order valence-corrected chi connectivity index (χ1v) is 11.3. The smallest absolute Gasteiger partial charge is 0.309 e. The lowest BCUT2D eigenvalue weighted by molar-refractivity contribution is -0.139. The zero-order valence-corrected chi connectivity index (χ0v) is 17.7. The van der Waals surface area contributed by atoms with Gasteiger partial charge in [-0.25, -0.2) is 8.42 Å². The van der Waals surface area contributed by atoms with Crippen molar-refractivity contribution in [3.05, 3.63) is 59.9 Å². The Balaban J connectivity index is 1.41. The molecule has 1 aromatic heterocycles. The molecule has 2 amide bonds. The molecule has 0 unspecified atom stereocenters. The molecule has 1 aliphatic rings. The van der Waals surface area contributed by atoms with E-state index in [0.717, 1.165) is 11.1 Å². The second-order valence-electron chi connectivity index (χ2n) is 7.41. The first-order valence-electron chi connectivity index (χ1n) is 9.88. The molecule has 160 valence electrons. The fourth-order valence-corrected chi connectivity index (χ4v) is 4.72. The van der Waals surface area contributed by atoms with Crippen LogP contribution in [0.3, 0.4) is 0 Å². The molecule has 3 rings (SSSR count). The first-order chi connectivity index (χ1) is 14.4. The lowest BCUT2D eigenvalue weighted by atomic mass is 9.98. The maximum atomic E-state index is 12.6. The Kier molecular flexibility index (Phi) is 7.17. The van der Waals surface area contributed by atoms with Crippen LogP contribution >= 0.6 is 0 Å². The maximum absolute atomic E-state index is 12.6. The van der Waals surface area contributed by atoms with Crippen LogP contribution in [0.1, 0.15) is 24.0 Å². The summed E-state index contributed by atoms with van der Waals surface area (Å²) in [7, 11) is -3.55. The van der Waals surface area contributed by atoms with Gasteiger partial charge in [0.1, 0.15) is 4.90 Å². The van der Waals surface area contributed by atoms with E-state index in [0.29, 0.717) is 32.5 Å². The number of pyridine rings is 1. The second kappa shape index (κ2) is 9.82. The van der Waals surface area contributed by atoms with Gasteiger partial charge in [0, 0.05) is 38.6 Å². The lowest BCUT2D eigenvalue weighted by Gasteiger charge is -2.31. The number of aromatic nitrogens is 1. The standard InChI is InChI=1S/C21H26N4O4S/c1-16-4-6-17(7-5-16)13-23-20(26)21(27)24-14-18-8-11-25(12-9-18)30(28,29)19-3-2-10-22-15-19/h2-7,10,15,18H,8-9,11-14H2,1H3,(H,23,26)(H,24,27). The van der Waals surface area contributed by atoms with Gasteiger partial charge in [0.15, 0.2) is 0 Å². The molecule has 1 fully saturated rings. The summed E-state index contributed by atoms with van der Waals surface area (Å²) in [5, 5.41) is 5.26. The van der Waals surface area contributed by atoms with Crippen molar-refractivity contribution in [1.29, 1.82) is 0 Å². The van der Waals surface area contributed by atoms with E-state index >= 15 is 0 Å². The summed E-state index contributed by atoms with van der Waals surface area (Å²) in [6.07, 6.45) is 4.11. The summed E-state index contributed by atoms with van der Waals surface area (Å²) in [5.74, 6) is -1.22. The van der Waals surface area contributed by atoms with E-state index in [4.69, 9.17) is 0 Å². The van der Waals surface area contributed by atoms with Crippen LogP contribution in [0.4, 0.5) is 0 Å². The molecule has 1 saturated heterocycles. The lowest BCUT2D eigenvalue weighted by Crippen LogP contribution is -2.44. The van der Waals surface area contributed by atoms with Crippen molar-refractivity contribution in [2.24, 2.45) is 5.92 Å². The number of piperidine rings is 1. The number of nitrogens with one attached hydrogen (secondary N) is 2. The summed E-state index contributed by atoms with van der Waals surface area (Å²) < 4.78 is 26.7. The van der Waals surface area contributed by atoms with Crippen LogP contribution in [-0.4, -0.2) is 49.2 Å². The van der Waals surface area contributed by atoms with Crippen molar-refractivity contribution in [1.82, 2.24) is 19.9 Å².